The smallest absolute Gasteiger partial charge is 0.220 e. The molecule has 0 aliphatic carbocycles. The van der Waals surface area contributed by atoms with Crippen LogP contribution in [0.5, 0.6) is 0 Å². The zero-order chi connectivity index (χ0) is 36.9. The Balaban J connectivity index is 0.906. The van der Waals surface area contributed by atoms with Crippen LogP contribution in [0.1, 0.15) is 24.0 Å². The quantitative estimate of drug-likeness (QED) is 0.228. The predicted octanol–water partition coefficient (Wildman–Crippen LogP) is 5.20. The summed E-state index contributed by atoms with van der Waals surface area (Å²) in [4.78, 5) is 48.2. The zero-order valence-electron chi connectivity index (χ0n) is 30.0. The van der Waals surface area contributed by atoms with Crippen LogP contribution in [0.4, 0.5) is 0 Å². The highest BCUT2D eigenvalue weighted by molar-refractivity contribution is 6.39. The van der Waals surface area contributed by atoms with Gasteiger partial charge in [-0.25, -0.2) is 9.97 Å². The molecule has 4 aliphatic rings. The highest BCUT2D eigenvalue weighted by Crippen LogP contribution is 2.43. The van der Waals surface area contributed by atoms with Crippen LogP contribution in [0.15, 0.2) is 61.2 Å². The molecular formula is C40H38Cl2N10O2. The van der Waals surface area contributed by atoms with Gasteiger partial charge in [0.05, 0.1) is 33.8 Å². The molecule has 0 radical (unpaired) electrons. The lowest BCUT2D eigenvalue weighted by molar-refractivity contribution is -0.121. The number of likely N-dealkylation sites (tertiary alicyclic amines) is 2. The monoisotopic (exact) mass is 760 g/mol. The van der Waals surface area contributed by atoms with Gasteiger partial charge in [0.1, 0.15) is 11.0 Å². The van der Waals surface area contributed by atoms with Crippen LogP contribution in [0.2, 0.25) is 10.0 Å². The Bertz CT molecular complexity index is 2370. The first kappa shape index (κ1) is 33.7. The molecule has 12 nitrogen and oxygen atoms in total. The summed E-state index contributed by atoms with van der Waals surface area (Å²) in [5.74, 6) is 0.304. The van der Waals surface area contributed by atoms with Gasteiger partial charge >= 0.3 is 0 Å². The third-order valence-corrected chi connectivity index (χ3v) is 12.6. The van der Waals surface area contributed by atoms with Crippen molar-refractivity contribution >= 4 is 57.3 Å². The summed E-state index contributed by atoms with van der Waals surface area (Å²) in [6.45, 7) is 6.65. The molecule has 4 aliphatic heterocycles. The second-order valence-electron chi connectivity index (χ2n) is 15.9. The van der Waals surface area contributed by atoms with Crippen LogP contribution in [0.25, 0.3) is 56.0 Å². The normalized spacial score (nSPS) is 19.2. The highest BCUT2D eigenvalue weighted by atomic mass is 35.5. The van der Waals surface area contributed by atoms with Gasteiger partial charge in [-0.3, -0.25) is 29.4 Å². The third-order valence-electron chi connectivity index (χ3n) is 11.7. The van der Waals surface area contributed by atoms with Gasteiger partial charge < -0.3 is 19.8 Å². The number of carbonyl (C=O) groups is 2. The van der Waals surface area contributed by atoms with Crippen molar-refractivity contribution in [2.24, 2.45) is 24.9 Å². The van der Waals surface area contributed by atoms with Crippen LogP contribution in [-0.4, -0.2) is 90.0 Å². The Kier molecular flexibility index (Phi) is 7.68. The van der Waals surface area contributed by atoms with Gasteiger partial charge in [0, 0.05) is 136 Å². The van der Waals surface area contributed by atoms with E-state index in [1.165, 1.54) is 0 Å². The standard InChI is InChI=1S/C40H38Cl2N10O2/c1-49-13-23(15-51-19-39(20-51)9-31(53)45-17-39)35-37(49)47-29(11-43-35)27-7-3-5-25(33(27)41)26-6-4-8-28(34(26)42)30-12-44-36-24(14-50(2)38(36)48-30)16-52-21-40(22-52)10-32(54)46-18-40/h3-8,11-14H,9-10,15-22H2,1-2H3,(H,45,53)(H,46,54). The number of carbonyl (C=O) groups excluding carboxylic acids is 2. The summed E-state index contributed by atoms with van der Waals surface area (Å²) in [5.41, 5.74) is 10.1. The van der Waals surface area contributed by atoms with Gasteiger partial charge in [0.2, 0.25) is 11.8 Å². The molecule has 0 unspecified atom stereocenters. The summed E-state index contributed by atoms with van der Waals surface area (Å²) < 4.78 is 4.03. The predicted molar refractivity (Wildman–Crippen MR) is 208 cm³/mol. The first-order chi connectivity index (χ1) is 26.1. The topological polar surface area (TPSA) is 126 Å². The van der Waals surface area contributed by atoms with E-state index >= 15 is 0 Å². The summed E-state index contributed by atoms with van der Waals surface area (Å²) >= 11 is 14.4. The third kappa shape index (κ3) is 5.49. The van der Waals surface area contributed by atoms with Crippen LogP contribution in [0, 0.1) is 10.8 Å². The number of aromatic nitrogens is 6. The zero-order valence-corrected chi connectivity index (χ0v) is 31.5. The lowest BCUT2D eigenvalue weighted by atomic mass is 9.79. The van der Waals surface area contributed by atoms with Gasteiger partial charge in [0.25, 0.3) is 0 Å². The first-order valence-electron chi connectivity index (χ1n) is 18.2. The molecular weight excluding hydrogens is 723 g/mol. The lowest BCUT2D eigenvalue weighted by Gasteiger charge is -2.47. The van der Waals surface area contributed by atoms with Crippen LogP contribution < -0.4 is 10.6 Å². The summed E-state index contributed by atoms with van der Waals surface area (Å²) in [6, 6.07) is 11.8. The molecule has 4 fully saturated rings. The molecule has 4 aromatic heterocycles. The van der Waals surface area contributed by atoms with E-state index in [0.717, 1.165) is 108 Å². The van der Waals surface area contributed by atoms with Gasteiger partial charge in [-0.1, -0.05) is 59.6 Å². The number of halogens is 2. The maximum atomic E-state index is 11.8. The largest absolute Gasteiger partial charge is 0.355 e. The number of amides is 2. The number of hydrogen-bond acceptors (Lipinski definition) is 8. The number of fused-ring (bicyclic) bond motifs is 2. The van der Waals surface area contributed by atoms with Crippen molar-refractivity contribution in [2.75, 3.05) is 39.3 Å². The second kappa shape index (κ2) is 12.3. The Hall–Kier alpha value is -4.88. The Morgan fingerprint density at radius 3 is 1.44 bits per heavy atom. The van der Waals surface area contributed by atoms with Crippen molar-refractivity contribution in [1.29, 1.82) is 0 Å². The molecule has 0 saturated carbocycles. The van der Waals surface area contributed by atoms with Crippen molar-refractivity contribution in [3.05, 3.63) is 82.4 Å². The summed E-state index contributed by atoms with van der Waals surface area (Å²) in [7, 11) is 3.97. The fourth-order valence-corrected chi connectivity index (χ4v) is 9.89. The number of aryl methyl sites for hydroxylation is 2. The van der Waals surface area contributed by atoms with E-state index in [1.54, 1.807) is 12.4 Å². The molecule has 0 bridgehead atoms. The van der Waals surface area contributed by atoms with E-state index in [4.69, 9.17) is 43.1 Å². The molecule has 2 aromatic carbocycles. The van der Waals surface area contributed by atoms with Crippen molar-refractivity contribution in [3.8, 4) is 33.6 Å². The Morgan fingerprint density at radius 2 is 1.06 bits per heavy atom. The number of nitrogens with one attached hydrogen (secondary N) is 2. The maximum Gasteiger partial charge on any atom is 0.220 e. The minimum atomic E-state index is 0.0773. The number of hydrogen-bond donors (Lipinski definition) is 2. The average Bonchev–Trinajstić information content (AvgIpc) is 3.88. The van der Waals surface area contributed by atoms with E-state index in [2.05, 4.69) is 32.8 Å². The molecule has 2 N–H and O–H groups in total. The van der Waals surface area contributed by atoms with E-state index in [0.29, 0.717) is 34.3 Å². The Morgan fingerprint density at radius 1 is 0.648 bits per heavy atom. The number of nitrogens with zero attached hydrogens (tertiary/aromatic N) is 8. The molecule has 4 saturated heterocycles. The minimum Gasteiger partial charge on any atom is -0.355 e. The van der Waals surface area contributed by atoms with Gasteiger partial charge in [-0.15, -0.1) is 0 Å². The van der Waals surface area contributed by atoms with Crippen LogP contribution >= 0.6 is 23.2 Å². The molecule has 274 valence electrons. The van der Waals surface area contributed by atoms with E-state index in [9.17, 15) is 9.59 Å². The molecule has 0 atom stereocenters. The molecule has 54 heavy (non-hydrogen) atoms. The van der Waals surface area contributed by atoms with Crippen molar-refractivity contribution in [2.45, 2.75) is 25.9 Å². The van der Waals surface area contributed by atoms with E-state index in [-0.39, 0.29) is 22.6 Å². The molecule has 6 aromatic rings. The number of benzene rings is 2. The molecule has 10 rings (SSSR count). The fraction of sp³-hybridized carbons (Fsp3) is 0.350. The van der Waals surface area contributed by atoms with E-state index in [1.807, 2.05) is 59.6 Å². The van der Waals surface area contributed by atoms with Crippen molar-refractivity contribution < 1.29 is 9.59 Å². The van der Waals surface area contributed by atoms with Crippen LogP contribution in [0.3, 0.4) is 0 Å². The van der Waals surface area contributed by atoms with Gasteiger partial charge in [0.15, 0.2) is 11.3 Å². The highest BCUT2D eigenvalue weighted by Gasteiger charge is 2.49. The maximum absolute atomic E-state index is 11.8. The molecule has 14 heteroatoms. The lowest BCUT2D eigenvalue weighted by Crippen LogP contribution is -2.56. The molecule has 2 spiro atoms. The molecule has 8 heterocycles. The summed E-state index contributed by atoms with van der Waals surface area (Å²) in [5, 5.41) is 7.03. The average molecular weight is 762 g/mol. The van der Waals surface area contributed by atoms with Crippen LogP contribution in [-0.2, 0) is 36.8 Å². The second-order valence-corrected chi connectivity index (χ2v) is 16.7. The summed E-state index contributed by atoms with van der Waals surface area (Å²) in [6.07, 6.45) is 8.99. The number of rotatable bonds is 7. The molecule has 2 amide bonds. The van der Waals surface area contributed by atoms with Gasteiger partial charge in [-0.2, -0.15) is 0 Å². The van der Waals surface area contributed by atoms with Crippen molar-refractivity contribution in [3.63, 3.8) is 0 Å². The Labute approximate surface area is 321 Å². The fourth-order valence-electron chi connectivity index (χ4n) is 9.24. The minimum absolute atomic E-state index is 0.0773. The first-order valence-corrected chi connectivity index (χ1v) is 19.0. The SMILES string of the molecule is Cn1cc(CN2CC3(CNC(=O)C3)C2)c2ncc(-c3cccc(-c4cccc(-c5cnc6c(CN7CC8(CNC(=O)C8)C7)cn(C)c6n5)c4Cl)c3Cl)nc21. The van der Waals surface area contributed by atoms with Gasteiger partial charge in [-0.05, 0) is 0 Å². The van der Waals surface area contributed by atoms with E-state index < -0.39 is 0 Å². The van der Waals surface area contributed by atoms with Crippen molar-refractivity contribution in [1.82, 2.24) is 49.5 Å².